The molecular formula is C22H29N. The molecule has 2 atom stereocenters. The third-order valence-corrected chi connectivity index (χ3v) is 6.12. The van der Waals surface area contributed by atoms with Crippen molar-refractivity contribution in [3.8, 4) is 0 Å². The molecule has 1 saturated carbocycles. The van der Waals surface area contributed by atoms with Crippen molar-refractivity contribution in [1.29, 1.82) is 0 Å². The maximum atomic E-state index is 4.87. The van der Waals surface area contributed by atoms with Crippen molar-refractivity contribution >= 4 is 5.71 Å². The van der Waals surface area contributed by atoms with Gasteiger partial charge in [0, 0.05) is 12.1 Å². The topological polar surface area (TPSA) is 12.4 Å². The lowest BCUT2D eigenvalue weighted by Crippen LogP contribution is -2.24. The van der Waals surface area contributed by atoms with Gasteiger partial charge in [-0.15, -0.1) is 0 Å². The fourth-order valence-electron chi connectivity index (χ4n) is 4.87. The Morgan fingerprint density at radius 2 is 2.04 bits per heavy atom. The van der Waals surface area contributed by atoms with Gasteiger partial charge in [-0.05, 0) is 54.2 Å². The molecule has 1 heterocycles. The molecule has 3 aliphatic carbocycles. The summed E-state index contributed by atoms with van der Waals surface area (Å²) in [6.45, 7) is 2.38. The van der Waals surface area contributed by atoms with Gasteiger partial charge in [-0.2, -0.15) is 0 Å². The van der Waals surface area contributed by atoms with E-state index in [1.807, 2.05) is 0 Å². The highest BCUT2D eigenvalue weighted by Gasteiger charge is 2.33. The van der Waals surface area contributed by atoms with E-state index in [9.17, 15) is 0 Å². The molecule has 4 aliphatic rings. The minimum Gasteiger partial charge on any atom is -0.260 e. The zero-order chi connectivity index (χ0) is 15.6. The Kier molecular flexibility index (Phi) is 4.37. The van der Waals surface area contributed by atoms with Crippen molar-refractivity contribution in [2.75, 3.05) is 0 Å². The minimum atomic E-state index is 0.561. The fraction of sp³-hybridized carbons (Fsp3) is 0.591. The molecule has 1 fully saturated rings. The molecule has 0 saturated heterocycles. The Morgan fingerprint density at radius 1 is 1.17 bits per heavy atom. The van der Waals surface area contributed by atoms with Crippen LogP contribution in [0.5, 0.6) is 0 Å². The van der Waals surface area contributed by atoms with Crippen molar-refractivity contribution in [2.24, 2.45) is 22.7 Å². The number of allylic oxidation sites excluding steroid dienone is 7. The van der Waals surface area contributed by atoms with Crippen LogP contribution in [-0.2, 0) is 0 Å². The van der Waals surface area contributed by atoms with Gasteiger partial charge in [0.2, 0.25) is 0 Å². The Hall–Kier alpha value is -1.37. The van der Waals surface area contributed by atoms with Gasteiger partial charge < -0.3 is 0 Å². The third kappa shape index (κ3) is 3.16. The molecule has 23 heavy (non-hydrogen) atoms. The SMILES string of the molecule is CC1C=C(CCC2CCCCC2)C2=NC=C(C3=CCC=C3)C2C1. The number of hydrogen-bond donors (Lipinski definition) is 0. The van der Waals surface area contributed by atoms with Crippen molar-refractivity contribution in [1.82, 2.24) is 0 Å². The lowest BCUT2D eigenvalue weighted by atomic mass is 9.75. The summed E-state index contributed by atoms with van der Waals surface area (Å²) in [6.07, 6.45) is 23.8. The molecule has 0 aromatic rings. The second-order valence-electron chi connectivity index (χ2n) is 7.90. The molecule has 0 amide bonds. The van der Waals surface area contributed by atoms with Gasteiger partial charge in [0.1, 0.15) is 0 Å². The maximum Gasteiger partial charge on any atom is 0.0508 e. The van der Waals surface area contributed by atoms with Gasteiger partial charge >= 0.3 is 0 Å². The highest BCUT2D eigenvalue weighted by molar-refractivity contribution is 6.06. The van der Waals surface area contributed by atoms with E-state index < -0.39 is 0 Å². The fourth-order valence-corrected chi connectivity index (χ4v) is 4.87. The van der Waals surface area contributed by atoms with Crippen molar-refractivity contribution in [3.05, 3.63) is 47.2 Å². The molecule has 0 aromatic carbocycles. The first-order chi connectivity index (χ1) is 11.3. The first-order valence-electron chi connectivity index (χ1n) is 9.67. The number of nitrogens with zero attached hydrogens (tertiary/aromatic N) is 1. The van der Waals surface area contributed by atoms with Crippen LogP contribution in [0.4, 0.5) is 0 Å². The monoisotopic (exact) mass is 307 g/mol. The van der Waals surface area contributed by atoms with Crippen LogP contribution < -0.4 is 0 Å². The predicted molar refractivity (Wildman–Crippen MR) is 98.5 cm³/mol. The first kappa shape index (κ1) is 15.2. The van der Waals surface area contributed by atoms with Gasteiger partial charge in [0.25, 0.3) is 0 Å². The number of hydrogen-bond acceptors (Lipinski definition) is 1. The van der Waals surface area contributed by atoms with E-state index in [1.165, 1.54) is 68.2 Å². The van der Waals surface area contributed by atoms with Crippen LogP contribution in [0, 0.1) is 17.8 Å². The molecule has 4 rings (SSSR count). The second-order valence-corrected chi connectivity index (χ2v) is 7.90. The molecule has 1 nitrogen and oxygen atoms in total. The normalized spacial score (nSPS) is 30.7. The van der Waals surface area contributed by atoms with Crippen LogP contribution in [0.15, 0.2) is 52.2 Å². The summed E-state index contributed by atoms with van der Waals surface area (Å²) in [5, 5.41) is 0. The van der Waals surface area contributed by atoms with Crippen LogP contribution in [0.3, 0.4) is 0 Å². The molecule has 2 unspecified atom stereocenters. The molecule has 1 heteroatoms. The smallest absolute Gasteiger partial charge is 0.0508 e. The molecular weight excluding hydrogens is 278 g/mol. The van der Waals surface area contributed by atoms with Gasteiger partial charge in [-0.3, -0.25) is 4.99 Å². The maximum absolute atomic E-state index is 4.87. The van der Waals surface area contributed by atoms with Crippen LogP contribution in [0.2, 0.25) is 0 Å². The molecule has 0 radical (unpaired) electrons. The Bertz CT molecular complexity index is 608. The van der Waals surface area contributed by atoms with Crippen LogP contribution in [0.25, 0.3) is 0 Å². The number of rotatable bonds is 4. The number of aliphatic imine (C=N–C) groups is 1. The lowest BCUT2D eigenvalue weighted by Gasteiger charge is -2.29. The molecule has 0 aromatic heterocycles. The largest absolute Gasteiger partial charge is 0.260 e. The van der Waals surface area contributed by atoms with Crippen LogP contribution in [-0.4, -0.2) is 5.71 Å². The molecule has 122 valence electrons. The molecule has 1 aliphatic heterocycles. The highest BCUT2D eigenvalue weighted by atomic mass is 14.8. The van der Waals surface area contributed by atoms with E-state index >= 15 is 0 Å². The standard InChI is InChI=1S/C22H29N/c1-16-13-19(12-11-17-7-3-2-4-8-17)22-20(14-16)21(15-23-22)18-9-5-6-10-18/h5,9-10,13,15-17,20H,2-4,6-8,11-12,14H2,1H3. The zero-order valence-electron chi connectivity index (χ0n) is 14.4. The van der Waals surface area contributed by atoms with Gasteiger partial charge in [-0.25, -0.2) is 0 Å². The van der Waals surface area contributed by atoms with Gasteiger partial charge in [0.05, 0.1) is 5.71 Å². The molecule has 0 bridgehead atoms. The predicted octanol–water partition coefficient (Wildman–Crippen LogP) is 6.15. The van der Waals surface area contributed by atoms with Crippen molar-refractivity contribution in [2.45, 2.75) is 64.7 Å². The van der Waals surface area contributed by atoms with Crippen molar-refractivity contribution in [3.63, 3.8) is 0 Å². The Balaban J connectivity index is 1.45. The Morgan fingerprint density at radius 3 is 2.83 bits per heavy atom. The van der Waals surface area contributed by atoms with Gasteiger partial charge in [0.15, 0.2) is 0 Å². The quantitative estimate of drug-likeness (QED) is 0.590. The summed E-state index contributed by atoms with van der Waals surface area (Å²) >= 11 is 0. The summed E-state index contributed by atoms with van der Waals surface area (Å²) < 4.78 is 0. The molecule has 0 N–H and O–H groups in total. The summed E-state index contributed by atoms with van der Waals surface area (Å²) in [6, 6.07) is 0. The summed E-state index contributed by atoms with van der Waals surface area (Å²) in [5.41, 5.74) is 5.86. The van der Waals surface area contributed by atoms with E-state index in [-0.39, 0.29) is 0 Å². The summed E-state index contributed by atoms with van der Waals surface area (Å²) in [4.78, 5) is 4.87. The van der Waals surface area contributed by atoms with E-state index in [1.54, 1.807) is 5.57 Å². The van der Waals surface area contributed by atoms with E-state index in [4.69, 9.17) is 4.99 Å². The van der Waals surface area contributed by atoms with Crippen LogP contribution in [0.1, 0.15) is 64.7 Å². The second kappa shape index (κ2) is 6.63. The van der Waals surface area contributed by atoms with Crippen molar-refractivity contribution < 1.29 is 0 Å². The average Bonchev–Trinajstić information content (AvgIpc) is 3.22. The zero-order valence-corrected chi connectivity index (χ0v) is 14.4. The lowest BCUT2D eigenvalue weighted by molar-refractivity contribution is 0.339. The number of fused-ring (bicyclic) bond motifs is 1. The van der Waals surface area contributed by atoms with Gasteiger partial charge in [-0.1, -0.05) is 63.3 Å². The van der Waals surface area contributed by atoms with E-state index in [0.29, 0.717) is 11.8 Å². The van der Waals surface area contributed by atoms with E-state index in [2.05, 4.69) is 37.4 Å². The third-order valence-electron chi connectivity index (χ3n) is 6.12. The summed E-state index contributed by atoms with van der Waals surface area (Å²) in [5.74, 6) is 2.22. The Labute approximate surface area is 141 Å². The molecule has 0 spiro atoms. The summed E-state index contributed by atoms with van der Waals surface area (Å²) in [7, 11) is 0. The first-order valence-corrected chi connectivity index (χ1v) is 9.67. The van der Waals surface area contributed by atoms with Crippen LogP contribution >= 0.6 is 0 Å². The van der Waals surface area contributed by atoms with E-state index in [0.717, 1.165) is 12.3 Å². The average molecular weight is 307 g/mol. The minimum absolute atomic E-state index is 0.561. The highest BCUT2D eigenvalue weighted by Crippen LogP contribution is 2.41.